The summed E-state index contributed by atoms with van der Waals surface area (Å²) in [6.07, 6.45) is 6.33. The third-order valence-corrected chi connectivity index (χ3v) is 5.31. The number of aryl methyl sites for hydroxylation is 2. The van der Waals surface area contributed by atoms with Gasteiger partial charge in [-0.1, -0.05) is 0 Å². The van der Waals surface area contributed by atoms with E-state index in [-0.39, 0.29) is 0 Å². The van der Waals surface area contributed by atoms with E-state index in [0.717, 1.165) is 19.5 Å². The lowest BCUT2D eigenvalue weighted by Gasteiger charge is -2.32. The lowest BCUT2D eigenvalue weighted by molar-refractivity contribution is 0.183. The minimum absolute atomic E-state index is 0.639. The summed E-state index contributed by atoms with van der Waals surface area (Å²) in [4.78, 5) is 9.03. The molecule has 1 aliphatic carbocycles. The quantitative estimate of drug-likeness (QED) is 0.904. The first-order valence-electron chi connectivity index (χ1n) is 7.25. The number of aromatic nitrogens is 1. The average Bonchev–Trinajstić information content (AvgIpc) is 2.82. The van der Waals surface area contributed by atoms with Gasteiger partial charge in [-0.05, 0) is 32.6 Å². The van der Waals surface area contributed by atoms with Crippen molar-refractivity contribution in [3.05, 3.63) is 15.6 Å². The molecule has 1 atom stereocenters. The molecule has 1 aromatic heterocycles. The molecule has 4 heteroatoms. The highest BCUT2D eigenvalue weighted by Gasteiger charge is 2.20. The largest absolute Gasteiger partial charge is 0.314 e. The number of nitrogens with one attached hydrogen (secondary N) is 1. The predicted molar refractivity (Wildman–Crippen MR) is 76.4 cm³/mol. The van der Waals surface area contributed by atoms with Crippen LogP contribution in [0.1, 0.15) is 35.3 Å². The molecule has 1 aromatic rings. The topological polar surface area (TPSA) is 28.2 Å². The predicted octanol–water partition coefficient (Wildman–Crippen LogP) is 1.86. The van der Waals surface area contributed by atoms with E-state index in [1.165, 1.54) is 49.5 Å². The van der Waals surface area contributed by atoms with Crippen molar-refractivity contribution in [1.82, 2.24) is 15.2 Å². The van der Waals surface area contributed by atoms with Gasteiger partial charge in [-0.3, -0.25) is 4.90 Å². The van der Waals surface area contributed by atoms with E-state index in [9.17, 15) is 0 Å². The maximum absolute atomic E-state index is 4.86. The van der Waals surface area contributed by atoms with Crippen molar-refractivity contribution in [2.75, 3.05) is 26.2 Å². The van der Waals surface area contributed by atoms with Crippen molar-refractivity contribution in [3.63, 3.8) is 0 Å². The van der Waals surface area contributed by atoms with Crippen LogP contribution in [-0.4, -0.2) is 42.1 Å². The van der Waals surface area contributed by atoms with E-state index in [1.54, 1.807) is 4.88 Å². The van der Waals surface area contributed by atoms with E-state index in [0.29, 0.717) is 6.04 Å². The van der Waals surface area contributed by atoms with Crippen molar-refractivity contribution in [1.29, 1.82) is 0 Å². The van der Waals surface area contributed by atoms with E-state index in [4.69, 9.17) is 4.98 Å². The molecule has 3 nitrogen and oxygen atoms in total. The van der Waals surface area contributed by atoms with Crippen LogP contribution >= 0.6 is 11.3 Å². The second-order valence-corrected chi connectivity index (χ2v) is 6.69. The summed E-state index contributed by atoms with van der Waals surface area (Å²) in [7, 11) is 0. The molecule has 2 aliphatic rings. The molecule has 1 saturated heterocycles. The molecular formula is C14H23N3S. The first-order valence-corrected chi connectivity index (χ1v) is 8.07. The van der Waals surface area contributed by atoms with Crippen molar-refractivity contribution >= 4 is 11.3 Å². The minimum atomic E-state index is 0.639. The average molecular weight is 265 g/mol. The standard InChI is InChI=1S/C14H23N3S/c1-11(17-8-6-15-7-9-17)10-14-16-12-4-2-3-5-13(12)18-14/h11,15H,2-10H2,1H3. The first kappa shape index (κ1) is 12.6. The number of hydrogen-bond donors (Lipinski definition) is 1. The number of piperazine rings is 1. The van der Waals surface area contributed by atoms with Gasteiger partial charge >= 0.3 is 0 Å². The smallest absolute Gasteiger partial charge is 0.0946 e. The number of hydrogen-bond acceptors (Lipinski definition) is 4. The summed E-state index contributed by atoms with van der Waals surface area (Å²) < 4.78 is 0. The van der Waals surface area contributed by atoms with Gasteiger partial charge in [0, 0.05) is 43.5 Å². The highest BCUT2D eigenvalue weighted by molar-refractivity contribution is 7.11. The summed E-state index contributed by atoms with van der Waals surface area (Å²) in [6, 6.07) is 0.639. The zero-order valence-corrected chi connectivity index (χ0v) is 12.1. The number of thiazole rings is 1. The maximum Gasteiger partial charge on any atom is 0.0946 e. The molecule has 2 heterocycles. The summed E-state index contributed by atoms with van der Waals surface area (Å²) in [6.45, 7) is 7.00. The van der Waals surface area contributed by atoms with Crippen molar-refractivity contribution < 1.29 is 0 Å². The Morgan fingerprint density at radius 2 is 2.06 bits per heavy atom. The summed E-state index contributed by atoms with van der Waals surface area (Å²) in [5.41, 5.74) is 1.41. The van der Waals surface area contributed by atoms with E-state index in [1.807, 2.05) is 11.3 Å². The van der Waals surface area contributed by atoms with Crippen molar-refractivity contribution in [3.8, 4) is 0 Å². The fourth-order valence-electron chi connectivity index (χ4n) is 3.00. The zero-order chi connectivity index (χ0) is 12.4. The van der Waals surface area contributed by atoms with Gasteiger partial charge in [0.2, 0.25) is 0 Å². The molecule has 3 rings (SSSR count). The van der Waals surface area contributed by atoms with E-state index in [2.05, 4.69) is 17.1 Å². The molecule has 1 fully saturated rings. The monoisotopic (exact) mass is 265 g/mol. The van der Waals surface area contributed by atoms with Crippen LogP contribution in [0.15, 0.2) is 0 Å². The van der Waals surface area contributed by atoms with Gasteiger partial charge in [0.15, 0.2) is 0 Å². The summed E-state index contributed by atoms with van der Waals surface area (Å²) in [5, 5.41) is 4.79. The van der Waals surface area contributed by atoms with Crippen LogP contribution in [-0.2, 0) is 19.3 Å². The van der Waals surface area contributed by atoms with Crippen molar-refractivity contribution in [2.45, 2.75) is 45.1 Å². The van der Waals surface area contributed by atoms with Crippen LogP contribution in [0.5, 0.6) is 0 Å². The Hall–Kier alpha value is -0.450. The molecule has 100 valence electrons. The Labute approximate surface area is 114 Å². The van der Waals surface area contributed by atoms with Crippen LogP contribution in [0.3, 0.4) is 0 Å². The Balaban J connectivity index is 1.62. The molecule has 1 N–H and O–H groups in total. The highest BCUT2D eigenvalue weighted by Crippen LogP contribution is 2.27. The lowest BCUT2D eigenvalue weighted by Crippen LogP contribution is -2.48. The minimum Gasteiger partial charge on any atom is -0.314 e. The van der Waals surface area contributed by atoms with Crippen molar-refractivity contribution in [2.24, 2.45) is 0 Å². The molecule has 18 heavy (non-hydrogen) atoms. The molecular weight excluding hydrogens is 242 g/mol. The second-order valence-electron chi connectivity index (χ2n) is 5.52. The van der Waals surface area contributed by atoms with Crippen LogP contribution in [0, 0.1) is 0 Å². The third-order valence-electron chi connectivity index (χ3n) is 4.13. The first-order chi connectivity index (χ1) is 8.83. The van der Waals surface area contributed by atoms with Crippen LogP contribution in [0.25, 0.3) is 0 Å². The van der Waals surface area contributed by atoms with E-state index < -0.39 is 0 Å². The molecule has 1 unspecified atom stereocenters. The van der Waals surface area contributed by atoms with E-state index >= 15 is 0 Å². The van der Waals surface area contributed by atoms with Gasteiger partial charge in [0.05, 0.1) is 10.7 Å². The highest BCUT2D eigenvalue weighted by atomic mass is 32.1. The van der Waals surface area contributed by atoms with Crippen LogP contribution < -0.4 is 5.32 Å². The number of nitrogens with zero attached hydrogens (tertiary/aromatic N) is 2. The van der Waals surface area contributed by atoms with Gasteiger partial charge in [-0.2, -0.15) is 0 Å². The van der Waals surface area contributed by atoms with Gasteiger partial charge in [-0.25, -0.2) is 4.98 Å². The molecule has 0 radical (unpaired) electrons. The summed E-state index contributed by atoms with van der Waals surface area (Å²) in [5.74, 6) is 0. The summed E-state index contributed by atoms with van der Waals surface area (Å²) >= 11 is 1.97. The Morgan fingerprint density at radius 3 is 2.83 bits per heavy atom. The number of fused-ring (bicyclic) bond motifs is 1. The normalized spacial score (nSPS) is 22.7. The molecule has 0 saturated carbocycles. The van der Waals surface area contributed by atoms with Gasteiger partial charge in [0.1, 0.15) is 0 Å². The van der Waals surface area contributed by atoms with Crippen LogP contribution in [0.2, 0.25) is 0 Å². The fourth-order valence-corrected chi connectivity index (χ4v) is 4.27. The molecule has 0 bridgehead atoms. The molecule has 0 spiro atoms. The Morgan fingerprint density at radius 1 is 1.28 bits per heavy atom. The molecule has 1 aliphatic heterocycles. The third kappa shape index (κ3) is 2.76. The fraction of sp³-hybridized carbons (Fsp3) is 0.786. The SMILES string of the molecule is CC(Cc1nc2c(s1)CCCC2)N1CCNCC1. The Kier molecular flexibility index (Phi) is 3.97. The second kappa shape index (κ2) is 5.68. The van der Waals surface area contributed by atoms with Crippen LogP contribution in [0.4, 0.5) is 0 Å². The van der Waals surface area contributed by atoms with Gasteiger partial charge in [-0.15, -0.1) is 11.3 Å². The number of rotatable bonds is 3. The lowest BCUT2D eigenvalue weighted by atomic mass is 10.0. The molecule has 0 amide bonds. The van der Waals surface area contributed by atoms with Gasteiger partial charge < -0.3 is 5.32 Å². The maximum atomic E-state index is 4.86. The zero-order valence-electron chi connectivity index (χ0n) is 11.2. The Bertz CT molecular complexity index is 372. The molecule has 0 aromatic carbocycles. The van der Waals surface area contributed by atoms with Gasteiger partial charge in [0.25, 0.3) is 0 Å².